The molecule has 2 aliphatic heterocycles. The van der Waals surface area contributed by atoms with E-state index in [2.05, 4.69) is 0 Å². The maximum atomic E-state index is 12.6. The standard InChI is InChI=1S/C25H25ClN2O4/c1-4-32-24(30)13-22-19-12-23(29)28(2)14-21(19)18-10-9-17(31-3)11-20(18)25(27-22)15-5-7-16(26)8-6-15/h5-12,21-22H,4,13-14H2,1-3H3. The van der Waals surface area contributed by atoms with E-state index in [0.717, 1.165) is 28.0 Å². The van der Waals surface area contributed by atoms with Crippen LogP contribution in [0.15, 0.2) is 59.1 Å². The van der Waals surface area contributed by atoms with Crippen molar-refractivity contribution in [3.8, 4) is 5.75 Å². The Bertz CT molecular complexity index is 1110. The monoisotopic (exact) mass is 452 g/mol. The Morgan fingerprint density at radius 2 is 1.97 bits per heavy atom. The zero-order valence-electron chi connectivity index (χ0n) is 18.3. The normalized spacial score (nSPS) is 19.9. The number of fused-ring (bicyclic) bond motifs is 3. The first kappa shape index (κ1) is 22.1. The lowest BCUT2D eigenvalue weighted by atomic mass is 9.81. The summed E-state index contributed by atoms with van der Waals surface area (Å²) in [6.07, 6.45) is 1.69. The van der Waals surface area contributed by atoms with Gasteiger partial charge in [0.15, 0.2) is 0 Å². The summed E-state index contributed by atoms with van der Waals surface area (Å²) < 4.78 is 10.7. The Morgan fingerprint density at radius 1 is 1.22 bits per heavy atom. The van der Waals surface area contributed by atoms with Crippen LogP contribution < -0.4 is 4.74 Å². The largest absolute Gasteiger partial charge is 0.497 e. The van der Waals surface area contributed by atoms with E-state index in [-0.39, 0.29) is 24.2 Å². The van der Waals surface area contributed by atoms with E-state index < -0.39 is 6.04 Å². The lowest BCUT2D eigenvalue weighted by Gasteiger charge is -2.32. The van der Waals surface area contributed by atoms with Crippen molar-refractivity contribution in [2.75, 3.05) is 27.3 Å². The molecule has 7 heteroatoms. The fraction of sp³-hybridized carbons (Fsp3) is 0.320. The number of halogens is 1. The fourth-order valence-electron chi connectivity index (χ4n) is 4.28. The summed E-state index contributed by atoms with van der Waals surface area (Å²) in [5, 5.41) is 0.625. The van der Waals surface area contributed by atoms with Gasteiger partial charge in [-0.05, 0) is 42.3 Å². The SMILES string of the molecule is CCOC(=O)CC1N=C(c2ccc(Cl)cc2)c2cc(OC)ccc2C2CN(C)C(=O)C=C12. The van der Waals surface area contributed by atoms with E-state index in [9.17, 15) is 9.59 Å². The molecule has 166 valence electrons. The van der Waals surface area contributed by atoms with E-state index in [1.807, 2.05) is 42.5 Å². The number of carbonyl (C=O) groups is 2. The Hall–Kier alpha value is -3.12. The number of rotatable bonds is 5. The highest BCUT2D eigenvalue weighted by Gasteiger charge is 2.37. The van der Waals surface area contributed by atoms with Gasteiger partial charge in [-0.3, -0.25) is 14.6 Å². The molecular weight excluding hydrogens is 428 g/mol. The van der Waals surface area contributed by atoms with Gasteiger partial charge in [-0.2, -0.15) is 0 Å². The van der Waals surface area contributed by atoms with Crippen molar-refractivity contribution in [1.82, 2.24) is 4.90 Å². The van der Waals surface area contributed by atoms with Gasteiger partial charge in [0.25, 0.3) is 0 Å². The van der Waals surface area contributed by atoms with Crippen molar-refractivity contribution < 1.29 is 19.1 Å². The van der Waals surface area contributed by atoms with Crippen LogP contribution in [0.25, 0.3) is 0 Å². The highest BCUT2D eigenvalue weighted by Crippen LogP contribution is 2.40. The van der Waals surface area contributed by atoms with Crippen molar-refractivity contribution in [2.45, 2.75) is 25.3 Å². The maximum absolute atomic E-state index is 12.6. The van der Waals surface area contributed by atoms with Crippen molar-refractivity contribution in [1.29, 1.82) is 0 Å². The second kappa shape index (κ2) is 9.17. The zero-order valence-corrected chi connectivity index (χ0v) is 19.1. The number of amides is 1. The number of esters is 1. The average molecular weight is 453 g/mol. The first-order valence-electron chi connectivity index (χ1n) is 10.6. The number of ether oxygens (including phenoxy) is 2. The van der Waals surface area contributed by atoms with Crippen LogP contribution in [0.1, 0.15) is 36.0 Å². The number of nitrogens with zero attached hydrogens (tertiary/aromatic N) is 2. The van der Waals surface area contributed by atoms with Crippen molar-refractivity contribution in [3.63, 3.8) is 0 Å². The quantitative estimate of drug-likeness (QED) is 0.643. The van der Waals surface area contributed by atoms with Crippen molar-refractivity contribution in [2.24, 2.45) is 4.99 Å². The molecule has 0 saturated heterocycles. The minimum Gasteiger partial charge on any atom is -0.497 e. The molecule has 4 rings (SSSR count). The highest BCUT2D eigenvalue weighted by molar-refractivity contribution is 6.30. The Morgan fingerprint density at radius 3 is 2.66 bits per heavy atom. The number of hydrogen-bond acceptors (Lipinski definition) is 5. The van der Waals surface area contributed by atoms with Crippen molar-refractivity contribution in [3.05, 3.63) is 75.8 Å². The summed E-state index contributed by atoms with van der Waals surface area (Å²) in [6.45, 7) is 2.57. The number of likely N-dealkylation sites (N-methyl/N-ethyl adjacent to an activating group) is 1. The third-order valence-corrected chi connectivity index (χ3v) is 6.12. The molecule has 2 unspecified atom stereocenters. The number of benzene rings is 2. The van der Waals surface area contributed by atoms with Crippen LogP contribution in [-0.2, 0) is 14.3 Å². The molecule has 0 spiro atoms. The minimum atomic E-state index is -0.513. The van der Waals surface area contributed by atoms with Gasteiger partial charge in [0, 0.05) is 41.7 Å². The van der Waals surface area contributed by atoms with E-state index in [0.29, 0.717) is 23.9 Å². The van der Waals surface area contributed by atoms with Gasteiger partial charge in [0.2, 0.25) is 5.91 Å². The molecule has 0 fully saturated rings. The molecule has 2 aromatic carbocycles. The van der Waals surface area contributed by atoms with Crippen LogP contribution in [0.3, 0.4) is 0 Å². The second-order valence-corrected chi connectivity index (χ2v) is 8.31. The predicted molar refractivity (Wildman–Crippen MR) is 124 cm³/mol. The zero-order chi connectivity index (χ0) is 22.8. The third kappa shape index (κ3) is 4.28. The van der Waals surface area contributed by atoms with Crippen LogP contribution in [0.5, 0.6) is 5.75 Å². The molecule has 2 aliphatic rings. The summed E-state index contributed by atoms with van der Waals surface area (Å²) >= 11 is 6.12. The molecule has 0 bridgehead atoms. The average Bonchev–Trinajstić information content (AvgIpc) is 2.90. The number of carbonyl (C=O) groups excluding carboxylic acids is 2. The van der Waals surface area contributed by atoms with Gasteiger partial charge in [0.05, 0.1) is 31.9 Å². The fourth-order valence-corrected chi connectivity index (χ4v) is 4.41. The molecule has 2 atom stereocenters. The number of methoxy groups -OCH3 is 1. The molecule has 2 aromatic rings. The number of aliphatic imine (C=N–C) groups is 1. The molecule has 0 saturated carbocycles. The summed E-state index contributed by atoms with van der Waals surface area (Å²) in [5.74, 6) is 0.184. The molecule has 2 heterocycles. The van der Waals surface area contributed by atoms with E-state index >= 15 is 0 Å². The van der Waals surface area contributed by atoms with Crippen LogP contribution in [0.2, 0.25) is 5.02 Å². The predicted octanol–water partition coefficient (Wildman–Crippen LogP) is 4.00. The summed E-state index contributed by atoms with van der Waals surface area (Å²) in [7, 11) is 3.41. The summed E-state index contributed by atoms with van der Waals surface area (Å²) in [5.41, 5.74) is 4.39. The molecular formula is C25H25ClN2O4. The smallest absolute Gasteiger partial charge is 0.308 e. The van der Waals surface area contributed by atoms with Gasteiger partial charge in [-0.1, -0.05) is 29.8 Å². The van der Waals surface area contributed by atoms with Gasteiger partial charge < -0.3 is 14.4 Å². The van der Waals surface area contributed by atoms with Gasteiger partial charge >= 0.3 is 5.97 Å². The maximum Gasteiger partial charge on any atom is 0.308 e. The molecule has 0 aliphatic carbocycles. The minimum absolute atomic E-state index is 0.0649. The van der Waals surface area contributed by atoms with Crippen LogP contribution in [0.4, 0.5) is 0 Å². The van der Waals surface area contributed by atoms with Crippen molar-refractivity contribution >= 4 is 29.2 Å². The van der Waals surface area contributed by atoms with Gasteiger partial charge in [0.1, 0.15) is 5.75 Å². The lowest BCUT2D eigenvalue weighted by molar-refractivity contribution is -0.143. The second-order valence-electron chi connectivity index (χ2n) is 7.88. The summed E-state index contributed by atoms with van der Waals surface area (Å²) in [6, 6.07) is 12.8. The molecule has 0 aromatic heterocycles. The van der Waals surface area contributed by atoms with Crippen LogP contribution in [-0.4, -0.2) is 55.8 Å². The molecule has 6 nitrogen and oxygen atoms in total. The van der Waals surface area contributed by atoms with Gasteiger partial charge in [-0.25, -0.2) is 0 Å². The van der Waals surface area contributed by atoms with E-state index in [1.54, 1.807) is 32.1 Å². The molecule has 1 amide bonds. The Balaban J connectivity index is 1.94. The number of hydrogen-bond donors (Lipinski definition) is 0. The van der Waals surface area contributed by atoms with Crippen LogP contribution in [0, 0.1) is 0 Å². The van der Waals surface area contributed by atoms with Crippen LogP contribution >= 0.6 is 11.6 Å². The molecule has 32 heavy (non-hydrogen) atoms. The Kier molecular flexibility index (Phi) is 6.33. The Labute approximate surface area is 192 Å². The highest BCUT2D eigenvalue weighted by atomic mass is 35.5. The lowest BCUT2D eigenvalue weighted by Crippen LogP contribution is -2.37. The summed E-state index contributed by atoms with van der Waals surface area (Å²) in [4.78, 5) is 31.8. The first-order valence-corrected chi connectivity index (χ1v) is 10.9. The molecule has 0 N–H and O–H groups in total. The van der Waals surface area contributed by atoms with Gasteiger partial charge in [-0.15, -0.1) is 0 Å². The topological polar surface area (TPSA) is 68.2 Å². The van der Waals surface area contributed by atoms with E-state index in [1.165, 1.54) is 0 Å². The first-order chi connectivity index (χ1) is 15.4. The molecule has 0 radical (unpaired) electrons. The third-order valence-electron chi connectivity index (χ3n) is 5.87. The van der Waals surface area contributed by atoms with E-state index in [4.69, 9.17) is 26.1 Å².